The van der Waals surface area contributed by atoms with E-state index in [4.69, 9.17) is 0 Å². The van der Waals surface area contributed by atoms with Gasteiger partial charge in [-0.25, -0.2) is 0 Å². The molecule has 0 radical (unpaired) electrons. The van der Waals surface area contributed by atoms with Gasteiger partial charge in [-0.15, -0.1) is 0 Å². The molecular weight excluding hydrogens is 314 g/mol. The van der Waals surface area contributed by atoms with E-state index in [2.05, 4.69) is 74.6 Å². The molecule has 2 unspecified atom stereocenters. The first-order chi connectivity index (χ1) is 12.7. The molecule has 26 heavy (non-hydrogen) atoms. The molecule has 2 aromatic rings. The number of hydrogen-bond donors (Lipinski definition) is 0. The highest BCUT2D eigenvalue weighted by atomic mass is 14.4. The Morgan fingerprint density at radius 2 is 1.88 bits per heavy atom. The molecule has 132 valence electrons. The van der Waals surface area contributed by atoms with Crippen molar-refractivity contribution in [1.29, 1.82) is 5.26 Å². The van der Waals surface area contributed by atoms with E-state index in [1.807, 2.05) is 18.2 Å². The summed E-state index contributed by atoms with van der Waals surface area (Å²) in [6.45, 7) is 4.60. The molecule has 2 aromatic carbocycles. The van der Waals surface area contributed by atoms with Crippen molar-refractivity contribution < 1.29 is 0 Å². The van der Waals surface area contributed by atoms with Gasteiger partial charge in [0.25, 0.3) is 0 Å². The van der Waals surface area contributed by atoms with Crippen LogP contribution in [-0.2, 0) is 6.42 Å². The van der Waals surface area contributed by atoms with Crippen LogP contribution in [0.1, 0.15) is 44.2 Å². The van der Waals surface area contributed by atoms with Gasteiger partial charge in [0.05, 0.1) is 11.6 Å². The molecule has 1 nitrogen and oxygen atoms in total. The largest absolute Gasteiger partial charge is 0.192 e. The van der Waals surface area contributed by atoms with Gasteiger partial charge in [-0.1, -0.05) is 93.5 Å². The summed E-state index contributed by atoms with van der Waals surface area (Å²) in [5, 5.41) is 9.67. The maximum absolute atomic E-state index is 9.67. The molecule has 1 aliphatic carbocycles. The molecule has 0 N–H and O–H groups in total. The quantitative estimate of drug-likeness (QED) is 0.573. The van der Waals surface area contributed by atoms with Crippen molar-refractivity contribution in [2.45, 2.75) is 39.5 Å². The minimum Gasteiger partial charge on any atom is -0.192 e. The number of rotatable bonds is 6. The highest BCUT2D eigenvalue weighted by Gasteiger charge is 2.31. The Morgan fingerprint density at radius 3 is 2.62 bits per heavy atom. The average molecular weight is 341 g/mol. The van der Waals surface area contributed by atoms with Crippen molar-refractivity contribution in [2.75, 3.05) is 0 Å². The highest BCUT2D eigenvalue weighted by molar-refractivity contribution is 5.70. The van der Waals surface area contributed by atoms with Gasteiger partial charge in [-0.2, -0.15) is 5.26 Å². The first-order valence-electron chi connectivity index (χ1n) is 9.61. The molecule has 0 spiro atoms. The summed E-state index contributed by atoms with van der Waals surface area (Å²) in [5.74, 6) is 0.562. The topological polar surface area (TPSA) is 23.8 Å². The van der Waals surface area contributed by atoms with Gasteiger partial charge in [0.2, 0.25) is 0 Å². The van der Waals surface area contributed by atoms with E-state index in [0.29, 0.717) is 5.92 Å². The molecule has 0 aliphatic heterocycles. The summed E-state index contributed by atoms with van der Waals surface area (Å²) < 4.78 is 0. The molecule has 1 aliphatic rings. The third-order valence-corrected chi connectivity index (χ3v) is 5.52. The van der Waals surface area contributed by atoms with Crippen LogP contribution in [0.4, 0.5) is 0 Å². The number of nitriles is 1. The molecule has 0 saturated carbocycles. The highest BCUT2D eigenvalue weighted by Crippen LogP contribution is 2.40. The average Bonchev–Trinajstić information content (AvgIpc) is 2.68. The van der Waals surface area contributed by atoms with Crippen LogP contribution >= 0.6 is 0 Å². The maximum atomic E-state index is 9.67. The minimum absolute atomic E-state index is 0.116. The summed E-state index contributed by atoms with van der Waals surface area (Å²) >= 11 is 0. The van der Waals surface area contributed by atoms with Gasteiger partial charge in [0.15, 0.2) is 0 Å². The zero-order valence-electron chi connectivity index (χ0n) is 15.8. The fraction of sp³-hybridized carbons (Fsp3) is 0.320. The Hall–Kier alpha value is -2.59. The molecule has 0 aromatic heterocycles. The Morgan fingerprint density at radius 1 is 1.08 bits per heavy atom. The van der Waals surface area contributed by atoms with Gasteiger partial charge in [-0.3, -0.25) is 0 Å². The molecule has 0 heterocycles. The third-order valence-electron chi connectivity index (χ3n) is 5.52. The monoisotopic (exact) mass is 341 g/mol. The Labute approximate surface area is 157 Å². The third kappa shape index (κ3) is 3.97. The number of nitrogens with zero attached hydrogens (tertiary/aromatic N) is 1. The van der Waals surface area contributed by atoms with Gasteiger partial charge >= 0.3 is 0 Å². The smallest absolute Gasteiger partial charge is 0.0998 e. The van der Waals surface area contributed by atoms with E-state index in [-0.39, 0.29) is 5.41 Å². The zero-order valence-corrected chi connectivity index (χ0v) is 15.8. The van der Waals surface area contributed by atoms with Crippen LogP contribution in [0.15, 0.2) is 72.8 Å². The van der Waals surface area contributed by atoms with E-state index in [0.717, 1.165) is 23.1 Å². The molecule has 0 bridgehead atoms. The molecule has 3 rings (SSSR count). The molecule has 0 saturated heterocycles. The fourth-order valence-corrected chi connectivity index (χ4v) is 3.96. The van der Waals surface area contributed by atoms with Crippen molar-refractivity contribution in [3.05, 3.63) is 84.0 Å². The lowest BCUT2D eigenvalue weighted by atomic mass is 9.68. The van der Waals surface area contributed by atoms with Crippen LogP contribution in [0.3, 0.4) is 0 Å². The lowest BCUT2D eigenvalue weighted by Gasteiger charge is -2.36. The van der Waals surface area contributed by atoms with E-state index in [1.165, 1.54) is 24.8 Å². The van der Waals surface area contributed by atoms with Crippen LogP contribution in [0.2, 0.25) is 0 Å². The standard InChI is InChI=1S/C25H27N/c1-3-4-12-23-13-8-9-16-25(23,2)18-20-14-15-24(22(17-20)19-26)21-10-6-5-7-11-21/h5-11,13-17,23H,3-4,12,18H2,1-2H3. The SMILES string of the molecule is CCCCC1C=CC=CC1(C)Cc1ccc(-c2ccccc2)c(C#N)c1. The Bertz CT molecular complexity index is 838. The second-order valence-corrected chi connectivity index (χ2v) is 7.53. The molecule has 0 fully saturated rings. The van der Waals surface area contributed by atoms with E-state index < -0.39 is 0 Å². The van der Waals surface area contributed by atoms with Gasteiger partial charge in [0.1, 0.15) is 0 Å². The van der Waals surface area contributed by atoms with E-state index in [1.54, 1.807) is 0 Å². The summed E-state index contributed by atoms with van der Waals surface area (Å²) in [6.07, 6.45) is 13.7. The molecule has 1 heteroatoms. The van der Waals surface area contributed by atoms with Crippen LogP contribution in [0.5, 0.6) is 0 Å². The lowest BCUT2D eigenvalue weighted by Crippen LogP contribution is -2.28. The van der Waals surface area contributed by atoms with Gasteiger partial charge in [0, 0.05) is 0 Å². The summed E-state index contributed by atoms with van der Waals surface area (Å²) in [5.41, 5.74) is 4.24. The normalized spacial score (nSPS) is 21.5. The summed E-state index contributed by atoms with van der Waals surface area (Å²) in [7, 11) is 0. The van der Waals surface area contributed by atoms with Gasteiger partial charge < -0.3 is 0 Å². The van der Waals surface area contributed by atoms with Crippen LogP contribution < -0.4 is 0 Å². The van der Waals surface area contributed by atoms with Crippen LogP contribution in [0.25, 0.3) is 11.1 Å². The van der Waals surface area contributed by atoms with Crippen molar-refractivity contribution in [2.24, 2.45) is 11.3 Å². The molecular formula is C25H27N. The first-order valence-corrected chi connectivity index (χ1v) is 9.61. The number of allylic oxidation sites excluding steroid dienone is 4. The second kappa shape index (κ2) is 8.19. The summed E-state index contributed by atoms with van der Waals surface area (Å²) in [6, 6.07) is 18.9. The maximum Gasteiger partial charge on any atom is 0.0998 e. The predicted octanol–water partition coefficient (Wildman–Crippen LogP) is 6.71. The fourth-order valence-electron chi connectivity index (χ4n) is 3.96. The van der Waals surface area contributed by atoms with E-state index in [9.17, 15) is 5.26 Å². The number of hydrogen-bond acceptors (Lipinski definition) is 1. The Kier molecular flexibility index (Phi) is 5.74. The van der Waals surface area contributed by atoms with Crippen LogP contribution in [-0.4, -0.2) is 0 Å². The molecule has 2 atom stereocenters. The van der Waals surface area contributed by atoms with Gasteiger partial charge in [-0.05, 0) is 46.9 Å². The van der Waals surface area contributed by atoms with Crippen molar-refractivity contribution in [3.8, 4) is 17.2 Å². The van der Waals surface area contributed by atoms with Crippen LogP contribution in [0, 0.1) is 22.7 Å². The first kappa shape index (κ1) is 18.2. The lowest BCUT2D eigenvalue weighted by molar-refractivity contribution is 0.281. The summed E-state index contributed by atoms with van der Waals surface area (Å²) in [4.78, 5) is 0. The predicted molar refractivity (Wildman–Crippen MR) is 110 cm³/mol. The minimum atomic E-state index is 0.116. The van der Waals surface area contributed by atoms with Crippen molar-refractivity contribution in [3.63, 3.8) is 0 Å². The Balaban J connectivity index is 1.87. The van der Waals surface area contributed by atoms with Crippen molar-refractivity contribution >= 4 is 0 Å². The molecule has 0 amide bonds. The number of unbranched alkanes of at least 4 members (excludes halogenated alkanes) is 1. The number of benzene rings is 2. The second-order valence-electron chi connectivity index (χ2n) is 7.53. The van der Waals surface area contributed by atoms with E-state index >= 15 is 0 Å². The van der Waals surface area contributed by atoms with Crippen molar-refractivity contribution in [1.82, 2.24) is 0 Å². The zero-order chi connectivity index (χ0) is 18.4.